The van der Waals surface area contributed by atoms with E-state index in [9.17, 15) is 9.59 Å². The first kappa shape index (κ1) is 14.6. The average molecular weight is 286 g/mol. The molecule has 0 amide bonds. The van der Waals surface area contributed by atoms with E-state index >= 15 is 0 Å². The number of rotatable bonds is 4. The zero-order valence-corrected chi connectivity index (χ0v) is 11.7. The van der Waals surface area contributed by atoms with E-state index in [-0.39, 0.29) is 11.1 Å². The van der Waals surface area contributed by atoms with Crippen LogP contribution in [0.4, 0.5) is 0 Å². The highest BCUT2D eigenvalue weighted by Gasteiger charge is 2.19. The average Bonchev–Trinajstić information content (AvgIpc) is 2.54. The molecule has 0 atom stereocenters. The second-order valence-corrected chi connectivity index (χ2v) is 4.11. The quantitative estimate of drug-likeness (QED) is 0.808. The van der Waals surface area contributed by atoms with E-state index in [1.54, 1.807) is 18.2 Å². The molecule has 0 bridgehead atoms. The van der Waals surface area contributed by atoms with Crippen molar-refractivity contribution in [2.75, 3.05) is 14.2 Å². The fraction of sp³-hybridized carbons (Fsp3) is 0.125. The zero-order chi connectivity index (χ0) is 15.2. The van der Waals surface area contributed by atoms with Crippen molar-refractivity contribution in [1.82, 2.24) is 0 Å². The van der Waals surface area contributed by atoms with Crippen molar-refractivity contribution < 1.29 is 23.8 Å². The lowest BCUT2D eigenvalue weighted by Gasteiger charge is -2.10. The number of hydrogen-bond acceptors (Lipinski definition) is 5. The number of para-hydroxylation sites is 1. The molecule has 0 aliphatic carbocycles. The van der Waals surface area contributed by atoms with E-state index in [0.717, 1.165) is 0 Å². The molecule has 0 fully saturated rings. The van der Waals surface area contributed by atoms with Gasteiger partial charge in [0.15, 0.2) is 0 Å². The number of carbonyl (C=O) groups is 2. The molecular formula is C16H14O5. The van der Waals surface area contributed by atoms with Gasteiger partial charge in [0, 0.05) is 0 Å². The van der Waals surface area contributed by atoms with Gasteiger partial charge in [0.2, 0.25) is 0 Å². The molecule has 0 spiro atoms. The number of methoxy groups -OCH3 is 2. The summed E-state index contributed by atoms with van der Waals surface area (Å²) >= 11 is 0. The minimum absolute atomic E-state index is 0.0952. The summed E-state index contributed by atoms with van der Waals surface area (Å²) in [5.74, 6) is -0.191. The first-order valence-electron chi connectivity index (χ1n) is 6.19. The Morgan fingerprint density at radius 1 is 0.762 bits per heavy atom. The summed E-state index contributed by atoms with van der Waals surface area (Å²) in [5.41, 5.74) is 0.225. The van der Waals surface area contributed by atoms with Crippen LogP contribution in [0.15, 0.2) is 48.5 Å². The first-order chi connectivity index (χ1) is 10.2. The summed E-state index contributed by atoms with van der Waals surface area (Å²) < 4.78 is 14.9. The maximum Gasteiger partial charge on any atom is 0.338 e. The molecule has 0 radical (unpaired) electrons. The van der Waals surface area contributed by atoms with Crippen LogP contribution in [0.3, 0.4) is 0 Å². The Labute approximate surface area is 122 Å². The third-order valence-electron chi connectivity index (χ3n) is 2.78. The van der Waals surface area contributed by atoms with Crippen molar-refractivity contribution in [2.45, 2.75) is 0 Å². The number of esters is 2. The number of hydrogen-bond donors (Lipinski definition) is 0. The maximum atomic E-state index is 11.8. The largest absolute Gasteiger partial charge is 0.465 e. The van der Waals surface area contributed by atoms with E-state index in [2.05, 4.69) is 9.47 Å². The van der Waals surface area contributed by atoms with Gasteiger partial charge in [0.25, 0.3) is 0 Å². The molecule has 0 saturated carbocycles. The van der Waals surface area contributed by atoms with Crippen molar-refractivity contribution in [1.29, 1.82) is 0 Å². The molecule has 2 aromatic rings. The SMILES string of the molecule is COC(=O)c1ccc(Oc2ccccc2)cc1C(=O)OC. The normalized spacial score (nSPS) is 9.81. The van der Waals surface area contributed by atoms with E-state index in [0.29, 0.717) is 11.5 Å². The number of benzene rings is 2. The van der Waals surface area contributed by atoms with Gasteiger partial charge in [-0.25, -0.2) is 9.59 Å². The molecule has 0 unspecified atom stereocenters. The second-order valence-electron chi connectivity index (χ2n) is 4.11. The van der Waals surface area contributed by atoms with E-state index < -0.39 is 11.9 Å². The highest BCUT2D eigenvalue weighted by atomic mass is 16.5. The Kier molecular flexibility index (Phi) is 4.56. The van der Waals surface area contributed by atoms with Gasteiger partial charge in [-0.15, -0.1) is 0 Å². The predicted octanol–water partition coefficient (Wildman–Crippen LogP) is 3.05. The van der Waals surface area contributed by atoms with Gasteiger partial charge in [-0.1, -0.05) is 18.2 Å². The standard InChI is InChI=1S/C16H14O5/c1-19-15(17)13-9-8-12(10-14(13)16(18)20-2)21-11-6-4-3-5-7-11/h3-10H,1-2H3. The lowest BCUT2D eigenvalue weighted by atomic mass is 10.1. The minimum atomic E-state index is -0.631. The fourth-order valence-electron chi connectivity index (χ4n) is 1.78. The molecule has 5 nitrogen and oxygen atoms in total. The smallest absolute Gasteiger partial charge is 0.338 e. The molecule has 0 saturated heterocycles. The van der Waals surface area contributed by atoms with Crippen LogP contribution in [0.2, 0.25) is 0 Å². The van der Waals surface area contributed by atoms with Crippen molar-refractivity contribution in [2.24, 2.45) is 0 Å². The molecule has 0 aliphatic rings. The van der Waals surface area contributed by atoms with Crippen LogP contribution >= 0.6 is 0 Å². The second kappa shape index (κ2) is 6.56. The molecule has 2 aromatic carbocycles. The molecule has 0 N–H and O–H groups in total. The van der Waals surface area contributed by atoms with Crippen LogP contribution in [0, 0.1) is 0 Å². The van der Waals surface area contributed by atoms with Gasteiger partial charge in [-0.05, 0) is 30.3 Å². The highest BCUT2D eigenvalue weighted by Crippen LogP contribution is 2.24. The molecule has 21 heavy (non-hydrogen) atoms. The van der Waals surface area contributed by atoms with Crippen LogP contribution in [0.1, 0.15) is 20.7 Å². The predicted molar refractivity (Wildman–Crippen MR) is 75.6 cm³/mol. The first-order valence-corrected chi connectivity index (χ1v) is 6.19. The Morgan fingerprint density at radius 3 is 2.00 bits per heavy atom. The fourth-order valence-corrected chi connectivity index (χ4v) is 1.78. The van der Waals surface area contributed by atoms with E-state index in [1.807, 2.05) is 18.2 Å². The van der Waals surface area contributed by atoms with Crippen LogP contribution in [-0.2, 0) is 9.47 Å². The van der Waals surface area contributed by atoms with Gasteiger partial charge in [-0.3, -0.25) is 0 Å². The summed E-state index contributed by atoms with van der Waals surface area (Å²) in [5, 5.41) is 0. The third-order valence-corrected chi connectivity index (χ3v) is 2.78. The molecule has 2 rings (SSSR count). The number of carbonyl (C=O) groups excluding carboxylic acids is 2. The Balaban J connectivity index is 2.37. The Bertz CT molecular complexity index is 649. The van der Waals surface area contributed by atoms with Crippen molar-refractivity contribution in [3.63, 3.8) is 0 Å². The molecule has 0 aromatic heterocycles. The maximum absolute atomic E-state index is 11.8. The Morgan fingerprint density at radius 2 is 1.38 bits per heavy atom. The van der Waals surface area contributed by atoms with Gasteiger partial charge in [0.05, 0.1) is 25.3 Å². The minimum Gasteiger partial charge on any atom is -0.465 e. The van der Waals surface area contributed by atoms with Gasteiger partial charge >= 0.3 is 11.9 Å². The van der Waals surface area contributed by atoms with Crippen LogP contribution < -0.4 is 4.74 Å². The summed E-state index contributed by atoms with van der Waals surface area (Å²) in [6.45, 7) is 0. The van der Waals surface area contributed by atoms with Crippen LogP contribution in [0.25, 0.3) is 0 Å². The molecule has 0 aliphatic heterocycles. The summed E-state index contributed by atoms with van der Waals surface area (Å²) in [7, 11) is 2.49. The zero-order valence-electron chi connectivity index (χ0n) is 11.7. The topological polar surface area (TPSA) is 61.8 Å². The molecule has 108 valence electrons. The summed E-state index contributed by atoms with van der Waals surface area (Å²) in [6, 6.07) is 13.6. The van der Waals surface area contributed by atoms with Gasteiger partial charge in [0.1, 0.15) is 11.5 Å². The molecule has 5 heteroatoms. The van der Waals surface area contributed by atoms with E-state index in [4.69, 9.17) is 4.74 Å². The highest BCUT2D eigenvalue weighted by molar-refractivity contribution is 6.03. The molecular weight excluding hydrogens is 272 g/mol. The van der Waals surface area contributed by atoms with Crippen molar-refractivity contribution >= 4 is 11.9 Å². The van der Waals surface area contributed by atoms with Gasteiger partial charge < -0.3 is 14.2 Å². The lowest BCUT2D eigenvalue weighted by Crippen LogP contribution is -2.11. The van der Waals surface area contributed by atoms with Crippen LogP contribution in [-0.4, -0.2) is 26.2 Å². The van der Waals surface area contributed by atoms with Crippen molar-refractivity contribution in [3.8, 4) is 11.5 Å². The monoisotopic (exact) mass is 286 g/mol. The lowest BCUT2D eigenvalue weighted by molar-refractivity contribution is 0.0555. The van der Waals surface area contributed by atoms with Gasteiger partial charge in [-0.2, -0.15) is 0 Å². The number of ether oxygens (including phenoxy) is 3. The molecule has 0 heterocycles. The van der Waals surface area contributed by atoms with Crippen molar-refractivity contribution in [3.05, 3.63) is 59.7 Å². The third kappa shape index (κ3) is 3.39. The van der Waals surface area contributed by atoms with E-state index in [1.165, 1.54) is 26.4 Å². The summed E-state index contributed by atoms with van der Waals surface area (Å²) in [6.07, 6.45) is 0. The Hall–Kier alpha value is -2.82. The van der Waals surface area contributed by atoms with Crippen LogP contribution in [0.5, 0.6) is 11.5 Å². The summed E-state index contributed by atoms with van der Waals surface area (Å²) in [4.78, 5) is 23.4.